The summed E-state index contributed by atoms with van der Waals surface area (Å²) in [7, 11) is 0. The molecule has 0 spiro atoms. The van der Waals surface area contributed by atoms with Crippen LogP contribution < -0.4 is 10.4 Å². The first-order valence-corrected chi connectivity index (χ1v) is 8.20. The lowest BCUT2D eigenvalue weighted by Gasteiger charge is -2.08. The summed E-state index contributed by atoms with van der Waals surface area (Å²) >= 11 is 0. The van der Waals surface area contributed by atoms with Gasteiger partial charge in [0.2, 0.25) is 0 Å². The molecule has 1 heterocycles. The van der Waals surface area contributed by atoms with Crippen molar-refractivity contribution in [2.45, 2.75) is 6.61 Å². The van der Waals surface area contributed by atoms with E-state index >= 15 is 0 Å². The number of rotatable bonds is 4. The van der Waals surface area contributed by atoms with Gasteiger partial charge in [0.25, 0.3) is 0 Å². The minimum Gasteiger partial charge on any atom is -0.489 e. The van der Waals surface area contributed by atoms with Gasteiger partial charge in [-0.05, 0) is 41.5 Å². The zero-order chi connectivity index (χ0) is 17.9. The highest BCUT2D eigenvalue weighted by Crippen LogP contribution is 2.25. The van der Waals surface area contributed by atoms with Crippen LogP contribution in [-0.2, 0) is 6.61 Å². The number of fused-ring (bicyclic) bond motifs is 1. The summed E-state index contributed by atoms with van der Waals surface area (Å²) in [6.45, 7) is 0.435. The summed E-state index contributed by atoms with van der Waals surface area (Å²) in [6, 6.07) is 22.7. The van der Waals surface area contributed by atoms with Crippen molar-refractivity contribution < 1.29 is 13.5 Å². The highest BCUT2D eigenvalue weighted by Gasteiger charge is 2.09. The Hall–Kier alpha value is -3.40. The molecule has 0 aliphatic heterocycles. The molecule has 3 aromatic carbocycles. The van der Waals surface area contributed by atoms with Gasteiger partial charge in [-0.2, -0.15) is 0 Å². The lowest BCUT2D eigenvalue weighted by molar-refractivity contribution is 0.306. The van der Waals surface area contributed by atoms with Crippen molar-refractivity contribution in [3.63, 3.8) is 0 Å². The fourth-order valence-corrected chi connectivity index (χ4v) is 2.75. The predicted molar refractivity (Wildman–Crippen MR) is 98.7 cm³/mol. The molecule has 0 amide bonds. The van der Waals surface area contributed by atoms with Crippen molar-refractivity contribution in [1.82, 2.24) is 0 Å². The van der Waals surface area contributed by atoms with E-state index in [4.69, 9.17) is 9.15 Å². The first kappa shape index (κ1) is 16.1. The van der Waals surface area contributed by atoms with Crippen LogP contribution in [0.2, 0.25) is 0 Å². The van der Waals surface area contributed by atoms with E-state index in [-0.39, 0.29) is 5.82 Å². The average molecular weight is 346 g/mol. The Morgan fingerprint density at radius 2 is 1.65 bits per heavy atom. The summed E-state index contributed by atoms with van der Waals surface area (Å²) < 4.78 is 24.3. The second-order valence-corrected chi connectivity index (χ2v) is 5.93. The molecule has 0 saturated carbocycles. The van der Waals surface area contributed by atoms with Crippen LogP contribution in [0.15, 0.2) is 88.1 Å². The topological polar surface area (TPSA) is 39.4 Å². The summed E-state index contributed by atoms with van der Waals surface area (Å²) in [5, 5.41) is 0.774. The van der Waals surface area contributed by atoms with Gasteiger partial charge in [0.05, 0.1) is 5.56 Å². The van der Waals surface area contributed by atoms with Gasteiger partial charge < -0.3 is 9.15 Å². The molecule has 4 heteroatoms. The monoisotopic (exact) mass is 346 g/mol. The quantitative estimate of drug-likeness (QED) is 0.478. The maximum atomic E-state index is 13.1. The van der Waals surface area contributed by atoms with Gasteiger partial charge in [0.1, 0.15) is 23.8 Å². The molecule has 26 heavy (non-hydrogen) atoms. The van der Waals surface area contributed by atoms with E-state index < -0.39 is 5.63 Å². The smallest absolute Gasteiger partial charge is 0.344 e. The molecule has 1 aromatic heterocycles. The van der Waals surface area contributed by atoms with Crippen LogP contribution in [0.4, 0.5) is 4.39 Å². The van der Waals surface area contributed by atoms with E-state index in [1.807, 2.05) is 42.5 Å². The van der Waals surface area contributed by atoms with Gasteiger partial charge in [0, 0.05) is 11.5 Å². The summed E-state index contributed by atoms with van der Waals surface area (Å²) in [6.07, 6.45) is 0. The minimum atomic E-state index is -0.468. The van der Waals surface area contributed by atoms with Crippen LogP contribution in [0.25, 0.3) is 22.1 Å². The van der Waals surface area contributed by atoms with Gasteiger partial charge in [-0.15, -0.1) is 0 Å². The molecule has 0 aliphatic rings. The Morgan fingerprint density at radius 3 is 2.42 bits per heavy atom. The lowest BCUT2D eigenvalue weighted by Crippen LogP contribution is -2.03. The van der Waals surface area contributed by atoms with Gasteiger partial charge in [0.15, 0.2) is 0 Å². The Labute approximate surface area is 149 Å². The number of halogens is 1. The highest BCUT2D eigenvalue weighted by molar-refractivity contribution is 5.82. The van der Waals surface area contributed by atoms with Crippen LogP contribution in [0, 0.1) is 5.82 Å². The fourth-order valence-electron chi connectivity index (χ4n) is 2.75. The lowest BCUT2D eigenvalue weighted by atomic mass is 10.1. The van der Waals surface area contributed by atoms with E-state index in [2.05, 4.69) is 0 Å². The van der Waals surface area contributed by atoms with Crippen molar-refractivity contribution in [3.8, 4) is 16.9 Å². The zero-order valence-electron chi connectivity index (χ0n) is 13.8. The van der Waals surface area contributed by atoms with Crippen molar-refractivity contribution in [1.29, 1.82) is 0 Å². The molecule has 0 radical (unpaired) electrons. The molecule has 0 aliphatic carbocycles. The van der Waals surface area contributed by atoms with Crippen LogP contribution in [0.3, 0.4) is 0 Å². The molecule has 0 bridgehead atoms. The van der Waals surface area contributed by atoms with Gasteiger partial charge in [-0.1, -0.05) is 42.5 Å². The Balaban J connectivity index is 1.64. The van der Waals surface area contributed by atoms with Crippen molar-refractivity contribution in [2.75, 3.05) is 0 Å². The fraction of sp³-hybridized carbons (Fsp3) is 0.0455. The highest BCUT2D eigenvalue weighted by atomic mass is 19.1. The molecule has 0 N–H and O–H groups in total. The third-order valence-electron chi connectivity index (χ3n) is 4.11. The number of hydrogen-bond donors (Lipinski definition) is 0. The van der Waals surface area contributed by atoms with E-state index in [1.165, 1.54) is 12.1 Å². The minimum absolute atomic E-state index is 0.348. The molecule has 3 nitrogen and oxygen atoms in total. The maximum absolute atomic E-state index is 13.1. The van der Waals surface area contributed by atoms with Crippen LogP contribution in [0.5, 0.6) is 5.75 Å². The molecule has 4 rings (SSSR count). The molecule has 4 aromatic rings. The Morgan fingerprint density at radius 1 is 0.885 bits per heavy atom. The molecular formula is C22H15FO3. The number of benzene rings is 3. The summed E-state index contributed by atoms with van der Waals surface area (Å²) in [5.74, 6) is 0.276. The van der Waals surface area contributed by atoms with E-state index in [0.717, 1.165) is 10.9 Å². The van der Waals surface area contributed by atoms with Gasteiger partial charge in [-0.25, -0.2) is 9.18 Å². The standard InChI is InChI=1S/C22H15FO3/c23-18-9-6-16(7-10-18)20-12-17-8-11-19(13-21(17)26-22(20)24)25-14-15-4-2-1-3-5-15/h1-13H,14H2. The molecule has 0 atom stereocenters. The first-order chi connectivity index (χ1) is 12.7. The third-order valence-corrected chi connectivity index (χ3v) is 4.11. The van der Waals surface area contributed by atoms with Crippen molar-refractivity contribution in [3.05, 3.63) is 101 Å². The number of hydrogen-bond acceptors (Lipinski definition) is 3. The second-order valence-electron chi connectivity index (χ2n) is 5.93. The van der Waals surface area contributed by atoms with Gasteiger partial charge >= 0.3 is 5.63 Å². The molecule has 0 fully saturated rings. The van der Waals surface area contributed by atoms with Crippen LogP contribution >= 0.6 is 0 Å². The largest absolute Gasteiger partial charge is 0.489 e. The Bertz CT molecular complexity index is 1100. The Kier molecular flexibility index (Phi) is 4.23. The normalized spacial score (nSPS) is 10.8. The molecule has 0 unspecified atom stereocenters. The zero-order valence-corrected chi connectivity index (χ0v) is 13.8. The summed E-state index contributed by atoms with van der Waals surface area (Å²) in [4.78, 5) is 12.3. The van der Waals surface area contributed by atoms with E-state index in [1.54, 1.807) is 24.3 Å². The summed E-state index contributed by atoms with van der Waals surface area (Å²) in [5.41, 5.74) is 2.05. The predicted octanol–water partition coefficient (Wildman–Crippen LogP) is 5.18. The molecule has 0 saturated heterocycles. The SMILES string of the molecule is O=c1oc2cc(OCc3ccccc3)ccc2cc1-c1ccc(F)cc1. The second kappa shape index (κ2) is 6.84. The number of ether oxygens (including phenoxy) is 1. The van der Waals surface area contributed by atoms with E-state index in [9.17, 15) is 9.18 Å². The third kappa shape index (κ3) is 3.35. The first-order valence-electron chi connectivity index (χ1n) is 8.20. The van der Waals surface area contributed by atoms with Gasteiger partial charge in [-0.3, -0.25) is 0 Å². The average Bonchev–Trinajstić information content (AvgIpc) is 2.67. The molecule has 128 valence electrons. The van der Waals surface area contributed by atoms with Crippen molar-refractivity contribution >= 4 is 11.0 Å². The maximum Gasteiger partial charge on any atom is 0.344 e. The van der Waals surface area contributed by atoms with Crippen molar-refractivity contribution in [2.24, 2.45) is 0 Å². The molecular weight excluding hydrogens is 331 g/mol. The van der Waals surface area contributed by atoms with Crippen LogP contribution in [-0.4, -0.2) is 0 Å². The van der Waals surface area contributed by atoms with E-state index in [0.29, 0.717) is 29.1 Å². The van der Waals surface area contributed by atoms with Crippen LogP contribution in [0.1, 0.15) is 5.56 Å².